The zero-order valence-corrected chi connectivity index (χ0v) is 19.0. The third-order valence-corrected chi connectivity index (χ3v) is 6.47. The Hall–Kier alpha value is -3.12. The second kappa shape index (κ2) is 11.1. The molecule has 1 saturated heterocycles. The summed E-state index contributed by atoms with van der Waals surface area (Å²) in [5, 5.41) is 8.96. The van der Waals surface area contributed by atoms with E-state index < -0.39 is 5.97 Å². The zero-order chi connectivity index (χ0) is 23.0. The molecule has 6 heteroatoms. The molecule has 0 spiro atoms. The number of nitrogens with zero attached hydrogens (tertiary/aromatic N) is 2. The normalized spacial score (nSPS) is 17.3. The summed E-state index contributed by atoms with van der Waals surface area (Å²) in [6.07, 6.45) is 7.94. The fraction of sp³-hybridized carbons (Fsp3) is 0.407. The molecule has 1 aliphatic heterocycles. The lowest BCUT2D eigenvalue weighted by molar-refractivity contribution is -0.131. The molecule has 1 saturated carbocycles. The van der Waals surface area contributed by atoms with Gasteiger partial charge >= 0.3 is 5.97 Å². The molecule has 33 heavy (non-hydrogen) atoms. The Morgan fingerprint density at radius 3 is 2.45 bits per heavy atom. The number of morpholine rings is 1. The molecule has 2 aliphatic rings. The van der Waals surface area contributed by atoms with Crippen molar-refractivity contribution in [1.82, 2.24) is 0 Å². The Labute approximate surface area is 195 Å². The molecule has 0 unspecified atom stereocenters. The van der Waals surface area contributed by atoms with Crippen molar-refractivity contribution in [1.29, 1.82) is 0 Å². The molecule has 1 heterocycles. The first-order valence-electron chi connectivity index (χ1n) is 11.8. The Morgan fingerprint density at radius 1 is 1.03 bits per heavy atom. The van der Waals surface area contributed by atoms with Gasteiger partial charge in [-0.2, -0.15) is 0 Å². The van der Waals surface area contributed by atoms with Crippen LogP contribution < -0.4 is 9.80 Å². The van der Waals surface area contributed by atoms with Crippen LogP contribution in [0.5, 0.6) is 0 Å². The van der Waals surface area contributed by atoms with Crippen molar-refractivity contribution in [3.05, 3.63) is 65.7 Å². The first kappa shape index (κ1) is 23.1. The summed E-state index contributed by atoms with van der Waals surface area (Å²) < 4.78 is 5.45. The van der Waals surface area contributed by atoms with E-state index in [0.29, 0.717) is 6.54 Å². The summed E-state index contributed by atoms with van der Waals surface area (Å²) in [6.45, 7) is 3.77. The number of carbonyl (C=O) groups excluding carboxylic acids is 1. The highest BCUT2D eigenvalue weighted by Crippen LogP contribution is 2.29. The molecule has 2 aromatic rings. The van der Waals surface area contributed by atoms with E-state index in [2.05, 4.69) is 29.2 Å². The molecule has 4 rings (SSSR count). The molecule has 0 atom stereocenters. The minimum absolute atomic E-state index is 0.0459. The van der Waals surface area contributed by atoms with Gasteiger partial charge in [-0.1, -0.05) is 43.5 Å². The minimum atomic E-state index is -0.990. The van der Waals surface area contributed by atoms with Crippen molar-refractivity contribution in [3.63, 3.8) is 0 Å². The van der Waals surface area contributed by atoms with Gasteiger partial charge in [-0.3, -0.25) is 4.79 Å². The lowest BCUT2D eigenvalue weighted by atomic mass is 9.88. The molecule has 0 radical (unpaired) electrons. The summed E-state index contributed by atoms with van der Waals surface area (Å²) in [6, 6.07) is 16.0. The highest BCUT2D eigenvalue weighted by atomic mass is 16.5. The average molecular weight is 449 g/mol. The van der Waals surface area contributed by atoms with Crippen LogP contribution in [-0.4, -0.2) is 43.3 Å². The highest BCUT2D eigenvalue weighted by molar-refractivity contribution is 5.95. The summed E-state index contributed by atoms with van der Waals surface area (Å²) in [7, 11) is 0. The van der Waals surface area contributed by atoms with Crippen molar-refractivity contribution in [2.75, 3.05) is 36.1 Å². The van der Waals surface area contributed by atoms with Gasteiger partial charge in [-0.25, -0.2) is 4.79 Å². The summed E-state index contributed by atoms with van der Waals surface area (Å²) >= 11 is 0. The Bertz CT molecular complexity index is 974. The number of carboxylic acids is 1. The van der Waals surface area contributed by atoms with Gasteiger partial charge in [0.05, 0.1) is 19.8 Å². The van der Waals surface area contributed by atoms with Crippen LogP contribution in [0, 0.1) is 5.92 Å². The van der Waals surface area contributed by atoms with Crippen LogP contribution in [0.15, 0.2) is 54.6 Å². The van der Waals surface area contributed by atoms with Crippen molar-refractivity contribution >= 4 is 29.3 Å². The maximum absolute atomic E-state index is 13.6. The first-order chi connectivity index (χ1) is 16.1. The number of amides is 1. The Morgan fingerprint density at radius 2 is 1.76 bits per heavy atom. The van der Waals surface area contributed by atoms with Crippen LogP contribution >= 0.6 is 0 Å². The van der Waals surface area contributed by atoms with E-state index in [4.69, 9.17) is 9.84 Å². The number of carbonyl (C=O) groups is 2. The Balaban J connectivity index is 1.57. The molecular weight excluding hydrogens is 416 g/mol. The van der Waals surface area contributed by atoms with E-state index in [0.717, 1.165) is 74.9 Å². The predicted molar refractivity (Wildman–Crippen MR) is 130 cm³/mol. The van der Waals surface area contributed by atoms with Gasteiger partial charge in [0.25, 0.3) is 0 Å². The molecule has 1 N–H and O–H groups in total. The van der Waals surface area contributed by atoms with Crippen molar-refractivity contribution in [2.45, 2.75) is 38.6 Å². The number of ether oxygens (including phenoxy) is 1. The van der Waals surface area contributed by atoms with Crippen LogP contribution in [0.1, 0.15) is 43.2 Å². The van der Waals surface area contributed by atoms with E-state index in [1.54, 1.807) is 6.08 Å². The summed E-state index contributed by atoms with van der Waals surface area (Å²) in [5.41, 5.74) is 3.81. The van der Waals surface area contributed by atoms with Crippen LogP contribution in [0.3, 0.4) is 0 Å². The summed E-state index contributed by atoms with van der Waals surface area (Å²) in [5.74, 6) is -0.785. The lowest BCUT2D eigenvalue weighted by Crippen LogP contribution is -2.37. The van der Waals surface area contributed by atoms with Crippen molar-refractivity contribution in [3.8, 4) is 0 Å². The number of hydrogen-bond acceptors (Lipinski definition) is 4. The second-order valence-corrected chi connectivity index (χ2v) is 8.79. The molecule has 174 valence electrons. The average Bonchev–Trinajstić information content (AvgIpc) is 2.87. The molecule has 0 aromatic heterocycles. The maximum Gasteiger partial charge on any atom is 0.328 e. The second-order valence-electron chi connectivity index (χ2n) is 8.79. The van der Waals surface area contributed by atoms with E-state index in [-0.39, 0.29) is 11.8 Å². The third-order valence-electron chi connectivity index (χ3n) is 6.47. The predicted octanol–water partition coefficient (Wildman–Crippen LogP) is 4.73. The van der Waals surface area contributed by atoms with E-state index in [9.17, 15) is 9.59 Å². The number of hydrogen-bond donors (Lipinski definition) is 1. The van der Waals surface area contributed by atoms with Gasteiger partial charge in [0.2, 0.25) is 5.91 Å². The van der Waals surface area contributed by atoms with Gasteiger partial charge in [-0.15, -0.1) is 0 Å². The van der Waals surface area contributed by atoms with E-state index >= 15 is 0 Å². The third kappa shape index (κ3) is 6.23. The van der Waals surface area contributed by atoms with Gasteiger partial charge in [0.15, 0.2) is 0 Å². The maximum atomic E-state index is 13.6. The zero-order valence-electron chi connectivity index (χ0n) is 19.0. The molecular formula is C27H32N2O4. The highest BCUT2D eigenvalue weighted by Gasteiger charge is 2.27. The molecule has 6 nitrogen and oxygen atoms in total. The van der Waals surface area contributed by atoms with Gasteiger partial charge in [0, 0.05) is 36.5 Å². The van der Waals surface area contributed by atoms with Crippen molar-refractivity contribution < 1.29 is 19.4 Å². The number of benzene rings is 2. The van der Waals surface area contributed by atoms with Crippen LogP contribution in [0.4, 0.5) is 11.4 Å². The molecule has 0 bridgehead atoms. The number of carboxylic acid groups (broad SMARTS) is 1. The van der Waals surface area contributed by atoms with Gasteiger partial charge in [0.1, 0.15) is 0 Å². The Kier molecular flexibility index (Phi) is 7.79. The molecule has 2 fully saturated rings. The van der Waals surface area contributed by atoms with E-state index in [1.165, 1.54) is 12.1 Å². The fourth-order valence-corrected chi connectivity index (χ4v) is 4.65. The first-order valence-corrected chi connectivity index (χ1v) is 11.8. The SMILES string of the molecule is O=C(O)C=Cc1cccc(N(Cc2ccc(N3CCOCC3)cc2)C(=O)C2CCCCC2)c1. The van der Waals surface area contributed by atoms with Gasteiger partial charge in [-0.05, 0) is 54.3 Å². The monoisotopic (exact) mass is 448 g/mol. The van der Waals surface area contributed by atoms with Crippen LogP contribution in [-0.2, 0) is 20.9 Å². The lowest BCUT2D eigenvalue weighted by Gasteiger charge is -2.31. The van der Waals surface area contributed by atoms with Gasteiger partial charge < -0.3 is 19.6 Å². The molecule has 1 amide bonds. The smallest absolute Gasteiger partial charge is 0.328 e. The fourth-order valence-electron chi connectivity index (χ4n) is 4.65. The van der Waals surface area contributed by atoms with Crippen LogP contribution in [0.2, 0.25) is 0 Å². The number of aliphatic carboxylic acids is 1. The topological polar surface area (TPSA) is 70.1 Å². The van der Waals surface area contributed by atoms with Crippen molar-refractivity contribution in [2.24, 2.45) is 5.92 Å². The number of anilines is 2. The largest absolute Gasteiger partial charge is 0.478 e. The van der Waals surface area contributed by atoms with Crippen LogP contribution in [0.25, 0.3) is 6.08 Å². The summed E-state index contributed by atoms with van der Waals surface area (Å²) in [4.78, 5) is 28.7. The molecule has 1 aliphatic carbocycles. The standard InChI is InChI=1S/C27H32N2O4/c30-26(31)14-11-21-5-4-8-25(19-21)29(27(32)23-6-2-1-3-7-23)20-22-9-12-24(13-10-22)28-15-17-33-18-16-28/h4-5,8-14,19,23H,1-3,6-7,15-18,20H2,(H,30,31). The quantitative estimate of drug-likeness (QED) is 0.620. The molecule has 2 aromatic carbocycles. The minimum Gasteiger partial charge on any atom is -0.478 e. The van der Waals surface area contributed by atoms with E-state index in [1.807, 2.05) is 29.2 Å². The number of rotatable bonds is 7.